The van der Waals surface area contributed by atoms with Gasteiger partial charge in [0.05, 0.1) is 6.04 Å². The molecule has 3 nitrogen and oxygen atoms in total. The van der Waals surface area contributed by atoms with Gasteiger partial charge < -0.3 is 4.74 Å². The lowest BCUT2D eigenvalue weighted by Crippen LogP contribution is -2.42. The maximum atomic E-state index is 13.2. The molecule has 3 rings (SSSR count). The number of cyclic esters (lactones) is 1. The van der Waals surface area contributed by atoms with Gasteiger partial charge in [-0.05, 0) is 63.1 Å². The first-order chi connectivity index (χ1) is 10.4. The van der Waals surface area contributed by atoms with Crippen molar-refractivity contribution in [3.05, 3.63) is 35.6 Å². The summed E-state index contributed by atoms with van der Waals surface area (Å²) in [6.07, 6.45) is 4.09. The number of amides is 1. The minimum absolute atomic E-state index is 0.154. The lowest BCUT2D eigenvalue weighted by molar-refractivity contribution is 0.0662. The minimum atomic E-state index is -0.599. The number of carbonyl (C=O) groups excluding carboxylic acids is 1. The van der Waals surface area contributed by atoms with Crippen LogP contribution in [0, 0.1) is 11.7 Å². The van der Waals surface area contributed by atoms with Crippen LogP contribution in [-0.2, 0) is 4.74 Å². The van der Waals surface area contributed by atoms with Gasteiger partial charge in [0.25, 0.3) is 0 Å². The molecule has 0 bridgehead atoms. The lowest BCUT2D eigenvalue weighted by Gasteiger charge is -2.37. The molecule has 1 aromatic rings. The van der Waals surface area contributed by atoms with Gasteiger partial charge in [-0.1, -0.05) is 19.1 Å². The van der Waals surface area contributed by atoms with Gasteiger partial charge >= 0.3 is 6.09 Å². The molecule has 1 aliphatic carbocycles. The Kier molecular flexibility index (Phi) is 3.87. The molecule has 1 aliphatic heterocycles. The fourth-order valence-corrected chi connectivity index (χ4v) is 3.86. The Hall–Kier alpha value is -1.58. The van der Waals surface area contributed by atoms with Gasteiger partial charge in [0, 0.05) is 6.04 Å². The highest BCUT2D eigenvalue weighted by Gasteiger charge is 2.51. The van der Waals surface area contributed by atoms with Crippen LogP contribution in [-0.4, -0.2) is 22.6 Å². The highest BCUT2D eigenvalue weighted by atomic mass is 19.1. The molecule has 1 heterocycles. The van der Waals surface area contributed by atoms with Crippen molar-refractivity contribution >= 4 is 6.09 Å². The minimum Gasteiger partial charge on any atom is -0.441 e. The molecule has 120 valence electrons. The molecule has 1 atom stereocenters. The molecule has 1 aromatic carbocycles. The smallest absolute Gasteiger partial charge is 0.411 e. The topological polar surface area (TPSA) is 29.5 Å². The number of benzene rings is 1. The van der Waals surface area contributed by atoms with E-state index < -0.39 is 5.60 Å². The molecule has 1 saturated carbocycles. The van der Waals surface area contributed by atoms with Crippen LogP contribution >= 0.6 is 0 Å². The molecular weight excluding hydrogens is 281 g/mol. The molecular formula is C18H24FNO2. The van der Waals surface area contributed by atoms with Crippen molar-refractivity contribution in [2.75, 3.05) is 0 Å². The average molecular weight is 305 g/mol. The molecule has 4 heteroatoms. The number of rotatable bonds is 2. The highest BCUT2D eigenvalue weighted by molar-refractivity contribution is 5.72. The van der Waals surface area contributed by atoms with Crippen molar-refractivity contribution in [3.8, 4) is 0 Å². The first-order valence-electron chi connectivity index (χ1n) is 8.15. The van der Waals surface area contributed by atoms with Crippen LogP contribution < -0.4 is 0 Å². The predicted octanol–water partition coefficient (Wildman–Crippen LogP) is 4.68. The van der Waals surface area contributed by atoms with Gasteiger partial charge in [-0.2, -0.15) is 0 Å². The molecule has 22 heavy (non-hydrogen) atoms. The number of nitrogens with zero attached hydrogens (tertiary/aromatic N) is 1. The maximum absolute atomic E-state index is 13.2. The monoisotopic (exact) mass is 305 g/mol. The summed E-state index contributed by atoms with van der Waals surface area (Å²) in [4.78, 5) is 14.4. The van der Waals surface area contributed by atoms with Crippen LogP contribution in [0.5, 0.6) is 0 Å². The summed E-state index contributed by atoms with van der Waals surface area (Å²) >= 11 is 0. The summed E-state index contributed by atoms with van der Waals surface area (Å²) in [6.45, 7) is 6.13. The third kappa shape index (κ3) is 2.71. The summed E-state index contributed by atoms with van der Waals surface area (Å²) in [5.74, 6) is 0.469. The molecule has 0 radical (unpaired) electrons. The molecule has 1 unspecified atom stereocenters. The Labute approximate surface area is 131 Å². The summed E-state index contributed by atoms with van der Waals surface area (Å²) in [6, 6.07) is 6.51. The van der Waals surface area contributed by atoms with E-state index in [9.17, 15) is 9.18 Å². The van der Waals surface area contributed by atoms with Crippen molar-refractivity contribution < 1.29 is 13.9 Å². The van der Waals surface area contributed by atoms with Crippen LogP contribution in [0.25, 0.3) is 0 Å². The Balaban J connectivity index is 1.92. The summed E-state index contributed by atoms with van der Waals surface area (Å²) in [7, 11) is 0. The molecule has 2 fully saturated rings. The first-order valence-corrected chi connectivity index (χ1v) is 8.15. The highest BCUT2D eigenvalue weighted by Crippen LogP contribution is 2.44. The van der Waals surface area contributed by atoms with Crippen LogP contribution in [0.2, 0.25) is 0 Å². The third-order valence-corrected chi connectivity index (χ3v) is 5.06. The average Bonchev–Trinajstić information content (AvgIpc) is 2.70. The standard InChI is InChI=1S/C18H24FNO2/c1-12-4-10-15(11-5-12)20-16(18(2,3)22-17(20)21)13-6-8-14(19)9-7-13/h6-9,12,15-16H,4-5,10-11H2,1-3H3. The molecule has 0 N–H and O–H groups in total. The van der Waals surface area contributed by atoms with Gasteiger partial charge in [-0.15, -0.1) is 0 Å². The zero-order chi connectivity index (χ0) is 15.9. The second-order valence-corrected chi connectivity index (χ2v) is 7.25. The molecule has 0 spiro atoms. The van der Waals surface area contributed by atoms with Gasteiger partial charge in [0.1, 0.15) is 11.4 Å². The predicted molar refractivity (Wildman–Crippen MR) is 83.0 cm³/mol. The van der Waals surface area contributed by atoms with Crippen LogP contribution in [0.1, 0.15) is 58.1 Å². The zero-order valence-electron chi connectivity index (χ0n) is 13.5. The third-order valence-electron chi connectivity index (χ3n) is 5.06. The first kappa shape index (κ1) is 15.3. The van der Waals surface area contributed by atoms with E-state index in [1.807, 2.05) is 18.7 Å². The molecule has 1 amide bonds. The fraction of sp³-hybridized carbons (Fsp3) is 0.611. The Morgan fingerprint density at radius 2 is 1.73 bits per heavy atom. The van der Waals surface area contributed by atoms with Crippen molar-refractivity contribution in [1.29, 1.82) is 0 Å². The lowest BCUT2D eigenvalue weighted by atomic mass is 9.84. The molecule has 0 aromatic heterocycles. The normalized spacial score (nSPS) is 31.2. The van der Waals surface area contributed by atoms with Crippen molar-refractivity contribution in [2.45, 2.75) is 64.1 Å². The fourth-order valence-electron chi connectivity index (χ4n) is 3.86. The number of halogens is 1. The van der Waals surface area contributed by atoms with Crippen molar-refractivity contribution in [3.63, 3.8) is 0 Å². The van der Waals surface area contributed by atoms with Crippen LogP contribution in [0.4, 0.5) is 9.18 Å². The Bertz CT molecular complexity index is 547. The van der Waals surface area contributed by atoms with E-state index in [0.29, 0.717) is 0 Å². The van der Waals surface area contributed by atoms with E-state index in [4.69, 9.17) is 4.74 Å². The van der Waals surface area contributed by atoms with Gasteiger partial charge in [-0.3, -0.25) is 4.90 Å². The zero-order valence-corrected chi connectivity index (χ0v) is 13.5. The SMILES string of the molecule is CC1CCC(N2C(=O)OC(C)(C)C2c2ccc(F)cc2)CC1. The van der Waals surface area contributed by atoms with Gasteiger partial charge in [0.2, 0.25) is 0 Å². The molecule has 1 saturated heterocycles. The number of carbonyl (C=O) groups is 1. The Morgan fingerprint density at radius 3 is 2.32 bits per heavy atom. The quantitative estimate of drug-likeness (QED) is 0.794. The van der Waals surface area contributed by atoms with Gasteiger partial charge in [-0.25, -0.2) is 9.18 Å². The van der Waals surface area contributed by atoms with Crippen LogP contribution in [0.15, 0.2) is 24.3 Å². The molecule has 2 aliphatic rings. The maximum Gasteiger partial charge on any atom is 0.411 e. The second-order valence-electron chi connectivity index (χ2n) is 7.25. The van der Waals surface area contributed by atoms with Crippen LogP contribution in [0.3, 0.4) is 0 Å². The summed E-state index contributed by atoms with van der Waals surface area (Å²) in [5, 5.41) is 0. The van der Waals surface area contributed by atoms with Gasteiger partial charge in [0.15, 0.2) is 0 Å². The summed E-state index contributed by atoms with van der Waals surface area (Å²) in [5.41, 5.74) is 0.341. The Morgan fingerprint density at radius 1 is 1.14 bits per heavy atom. The summed E-state index contributed by atoms with van der Waals surface area (Å²) < 4.78 is 18.9. The number of ether oxygens (including phenoxy) is 1. The van der Waals surface area contributed by atoms with E-state index >= 15 is 0 Å². The number of hydrogen-bond donors (Lipinski definition) is 0. The van der Waals surface area contributed by atoms with E-state index in [0.717, 1.165) is 37.2 Å². The van der Waals surface area contributed by atoms with Crippen molar-refractivity contribution in [1.82, 2.24) is 4.90 Å². The van der Waals surface area contributed by atoms with E-state index in [1.165, 1.54) is 12.1 Å². The second kappa shape index (κ2) is 5.56. The largest absolute Gasteiger partial charge is 0.441 e. The number of hydrogen-bond acceptors (Lipinski definition) is 2. The van der Waals surface area contributed by atoms with E-state index in [1.54, 1.807) is 12.1 Å². The van der Waals surface area contributed by atoms with E-state index in [2.05, 4.69) is 6.92 Å². The van der Waals surface area contributed by atoms with E-state index in [-0.39, 0.29) is 24.0 Å². The van der Waals surface area contributed by atoms with Crippen molar-refractivity contribution in [2.24, 2.45) is 5.92 Å².